The minimum atomic E-state index is -0.815. The van der Waals surface area contributed by atoms with E-state index in [1.54, 1.807) is 18.2 Å². The average Bonchev–Trinajstić information content (AvgIpc) is 2.20. The number of hydrogen-bond donors (Lipinski definition) is 1. The zero-order valence-corrected chi connectivity index (χ0v) is 9.29. The van der Waals surface area contributed by atoms with Gasteiger partial charge in [0.2, 0.25) is 0 Å². The van der Waals surface area contributed by atoms with Gasteiger partial charge in [-0.05, 0) is 12.1 Å². The Kier molecular flexibility index (Phi) is 4.70. The fraction of sp³-hybridized carbons (Fsp3) is 0.300. The van der Waals surface area contributed by atoms with E-state index in [9.17, 15) is 5.11 Å². The van der Waals surface area contributed by atoms with Gasteiger partial charge in [-0.3, -0.25) is 0 Å². The summed E-state index contributed by atoms with van der Waals surface area (Å²) in [5.41, 5.74) is 0. The standard InChI is InChI=1S/C10H9Cl2NO2/c11-7-1-2-9(12)10(5-7)15-6-8(14)3-4-13/h1-2,5,8,14H,3,6H2. The number of halogens is 2. The van der Waals surface area contributed by atoms with Crippen LogP contribution in [0.4, 0.5) is 0 Å². The Morgan fingerprint density at radius 3 is 2.87 bits per heavy atom. The molecule has 1 aromatic carbocycles. The number of hydrogen-bond acceptors (Lipinski definition) is 3. The predicted octanol–water partition coefficient (Wildman–Crippen LogP) is 2.65. The number of nitriles is 1. The van der Waals surface area contributed by atoms with E-state index in [0.29, 0.717) is 15.8 Å². The van der Waals surface area contributed by atoms with Gasteiger partial charge in [-0.2, -0.15) is 5.26 Å². The first-order chi connectivity index (χ1) is 7.13. The second-order valence-electron chi connectivity index (χ2n) is 2.90. The van der Waals surface area contributed by atoms with Gasteiger partial charge >= 0.3 is 0 Å². The molecule has 1 rings (SSSR count). The Morgan fingerprint density at radius 1 is 1.47 bits per heavy atom. The van der Waals surface area contributed by atoms with Gasteiger partial charge in [0.15, 0.2) is 0 Å². The lowest BCUT2D eigenvalue weighted by molar-refractivity contribution is 0.111. The number of benzene rings is 1. The molecule has 5 heteroatoms. The second-order valence-corrected chi connectivity index (χ2v) is 3.75. The van der Waals surface area contributed by atoms with Crippen molar-refractivity contribution in [3.63, 3.8) is 0 Å². The van der Waals surface area contributed by atoms with Crippen LogP contribution in [0.3, 0.4) is 0 Å². The first kappa shape index (κ1) is 12.1. The van der Waals surface area contributed by atoms with Crippen LogP contribution in [0.15, 0.2) is 18.2 Å². The van der Waals surface area contributed by atoms with Crippen LogP contribution in [0.25, 0.3) is 0 Å². The van der Waals surface area contributed by atoms with E-state index >= 15 is 0 Å². The van der Waals surface area contributed by atoms with Crippen molar-refractivity contribution in [3.8, 4) is 11.8 Å². The minimum absolute atomic E-state index is 0.0215. The smallest absolute Gasteiger partial charge is 0.139 e. The Bertz CT molecular complexity index is 376. The lowest BCUT2D eigenvalue weighted by atomic mass is 10.3. The first-order valence-electron chi connectivity index (χ1n) is 4.26. The summed E-state index contributed by atoms with van der Waals surface area (Å²) in [5.74, 6) is 0.404. The third kappa shape index (κ3) is 3.96. The highest BCUT2D eigenvalue weighted by molar-refractivity contribution is 6.34. The normalized spacial score (nSPS) is 11.9. The second kappa shape index (κ2) is 5.82. The summed E-state index contributed by atoms with van der Waals surface area (Å²) in [6.45, 7) is 0.0215. The highest BCUT2D eigenvalue weighted by Crippen LogP contribution is 2.27. The fourth-order valence-electron chi connectivity index (χ4n) is 0.938. The van der Waals surface area contributed by atoms with Gasteiger partial charge in [-0.15, -0.1) is 0 Å². The van der Waals surface area contributed by atoms with E-state index in [1.807, 2.05) is 6.07 Å². The molecule has 1 unspecified atom stereocenters. The number of aliphatic hydroxyl groups is 1. The fourth-order valence-corrected chi connectivity index (χ4v) is 1.27. The third-order valence-electron chi connectivity index (χ3n) is 1.65. The quantitative estimate of drug-likeness (QED) is 0.888. The molecule has 0 aromatic heterocycles. The van der Waals surface area contributed by atoms with Gasteiger partial charge in [-0.25, -0.2) is 0 Å². The molecule has 0 saturated carbocycles. The van der Waals surface area contributed by atoms with Gasteiger partial charge in [0.05, 0.1) is 17.5 Å². The Balaban J connectivity index is 2.57. The third-order valence-corrected chi connectivity index (χ3v) is 2.20. The van der Waals surface area contributed by atoms with Crippen molar-refractivity contribution in [2.75, 3.05) is 6.61 Å². The molecule has 1 N–H and O–H groups in total. The molecule has 0 aliphatic rings. The van der Waals surface area contributed by atoms with Crippen molar-refractivity contribution in [2.24, 2.45) is 0 Å². The molecule has 0 radical (unpaired) electrons. The zero-order chi connectivity index (χ0) is 11.3. The summed E-state index contributed by atoms with van der Waals surface area (Å²) in [7, 11) is 0. The van der Waals surface area contributed by atoms with Crippen LogP contribution in [-0.4, -0.2) is 17.8 Å². The van der Waals surface area contributed by atoms with Crippen molar-refractivity contribution in [2.45, 2.75) is 12.5 Å². The largest absolute Gasteiger partial charge is 0.489 e. The highest BCUT2D eigenvalue weighted by atomic mass is 35.5. The van der Waals surface area contributed by atoms with Gasteiger partial charge in [-0.1, -0.05) is 23.2 Å². The predicted molar refractivity (Wildman–Crippen MR) is 58.2 cm³/mol. The van der Waals surface area contributed by atoms with Gasteiger partial charge in [0.1, 0.15) is 18.5 Å². The molecule has 1 aromatic rings. The van der Waals surface area contributed by atoms with E-state index in [1.165, 1.54) is 0 Å². The van der Waals surface area contributed by atoms with Crippen molar-refractivity contribution in [3.05, 3.63) is 28.2 Å². The average molecular weight is 246 g/mol. The molecular formula is C10H9Cl2NO2. The maximum Gasteiger partial charge on any atom is 0.139 e. The van der Waals surface area contributed by atoms with Crippen LogP contribution >= 0.6 is 23.2 Å². The van der Waals surface area contributed by atoms with E-state index in [4.69, 9.17) is 33.2 Å². The molecule has 0 amide bonds. The van der Waals surface area contributed by atoms with Crippen LogP contribution in [0.5, 0.6) is 5.75 Å². The van der Waals surface area contributed by atoms with E-state index in [0.717, 1.165) is 0 Å². The van der Waals surface area contributed by atoms with Crippen LogP contribution in [0, 0.1) is 11.3 Å². The molecule has 3 nitrogen and oxygen atoms in total. The summed E-state index contributed by atoms with van der Waals surface area (Å²) in [4.78, 5) is 0. The number of nitrogens with zero attached hydrogens (tertiary/aromatic N) is 1. The molecule has 0 heterocycles. The molecule has 80 valence electrons. The molecular weight excluding hydrogens is 237 g/mol. The van der Waals surface area contributed by atoms with Crippen molar-refractivity contribution >= 4 is 23.2 Å². The Morgan fingerprint density at radius 2 is 2.20 bits per heavy atom. The summed E-state index contributed by atoms with van der Waals surface area (Å²) in [6, 6.07) is 6.65. The molecule has 0 aliphatic carbocycles. The van der Waals surface area contributed by atoms with E-state index < -0.39 is 6.10 Å². The van der Waals surface area contributed by atoms with Crippen LogP contribution in [0.1, 0.15) is 6.42 Å². The lowest BCUT2D eigenvalue weighted by Crippen LogP contribution is -2.16. The Hall–Kier alpha value is -0.950. The summed E-state index contributed by atoms with van der Waals surface area (Å²) < 4.78 is 5.21. The topological polar surface area (TPSA) is 53.2 Å². The number of aliphatic hydroxyl groups excluding tert-OH is 1. The molecule has 0 saturated heterocycles. The van der Waals surface area contributed by atoms with E-state index in [-0.39, 0.29) is 13.0 Å². The highest BCUT2D eigenvalue weighted by Gasteiger charge is 2.07. The summed E-state index contributed by atoms with van der Waals surface area (Å²) in [5, 5.41) is 18.5. The summed E-state index contributed by atoms with van der Waals surface area (Å²) in [6.07, 6.45) is -0.789. The first-order valence-corrected chi connectivity index (χ1v) is 5.02. The van der Waals surface area contributed by atoms with Crippen LogP contribution in [-0.2, 0) is 0 Å². The van der Waals surface area contributed by atoms with Crippen molar-refractivity contribution in [1.82, 2.24) is 0 Å². The molecule has 15 heavy (non-hydrogen) atoms. The zero-order valence-electron chi connectivity index (χ0n) is 7.78. The maximum absolute atomic E-state index is 9.25. The summed E-state index contributed by atoms with van der Waals surface area (Å²) >= 11 is 11.6. The monoisotopic (exact) mass is 245 g/mol. The molecule has 0 bridgehead atoms. The van der Waals surface area contributed by atoms with Crippen LogP contribution in [0.2, 0.25) is 10.0 Å². The lowest BCUT2D eigenvalue weighted by Gasteiger charge is -2.10. The van der Waals surface area contributed by atoms with E-state index in [2.05, 4.69) is 0 Å². The number of ether oxygens (including phenoxy) is 1. The number of rotatable bonds is 4. The molecule has 1 atom stereocenters. The minimum Gasteiger partial charge on any atom is -0.489 e. The molecule has 0 aliphatic heterocycles. The van der Waals surface area contributed by atoms with Crippen molar-refractivity contribution in [1.29, 1.82) is 5.26 Å². The molecule has 0 fully saturated rings. The SMILES string of the molecule is N#CCC(O)COc1cc(Cl)ccc1Cl. The van der Waals surface area contributed by atoms with Gasteiger partial charge in [0.25, 0.3) is 0 Å². The van der Waals surface area contributed by atoms with Gasteiger partial charge in [0, 0.05) is 11.1 Å². The van der Waals surface area contributed by atoms with Crippen LogP contribution < -0.4 is 4.74 Å². The van der Waals surface area contributed by atoms with Gasteiger partial charge < -0.3 is 9.84 Å². The molecule has 0 spiro atoms. The Labute approximate surface area is 97.8 Å². The maximum atomic E-state index is 9.25. The van der Waals surface area contributed by atoms with Crippen molar-refractivity contribution < 1.29 is 9.84 Å².